The maximum atomic E-state index is 10.4. The van der Waals surface area contributed by atoms with Gasteiger partial charge in [-0.2, -0.15) is 0 Å². The quantitative estimate of drug-likeness (QED) is 0.683. The number of para-hydroxylation sites is 2. The Morgan fingerprint density at radius 1 is 1.17 bits per heavy atom. The number of aryl methyl sites for hydroxylation is 2. The van der Waals surface area contributed by atoms with Crippen molar-refractivity contribution in [1.82, 2.24) is 4.57 Å². The molecule has 1 unspecified atom stereocenters. The van der Waals surface area contributed by atoms with Gasteiger partial charge in [-0.05, 0) is 38.1 Å². The van der Waals surface area contributed by atoms with E-state index in [-0.39, 0.29) is 6.61 Å². The first kappa shape index (κ1) is 16.3. The molecule has 3 rings (SSSR count). The van der Waals surface area contributed by atoms with Crippen LogP contribution in [0.25, 0.3) is 11.0 Å². The molecule has 0 radical (unpaired) electrons. The molecule has 0 saturated heterocycles. The molecule has 24 heavy (non-hydrogen) atoms. The summed E-state index contributed by atoms with van der Waals surface area (Å²) in [5.41, 5.74) is 9.55. The van der Waals surface area contributed by atoms with Gasteiger partial charge >= 0.3 is 5.95 Å². The molecule has 3 N–H and O–H groups in total. The standard InChI is InChI=1S/C19H23N3O2/c1-3-21-17-6-4-5-7-18(17)22(19(21)20)12-15(23)13-24-16-10-8-14(2)9-11-16/h4-11,15,20,23H,3,12-13H2,1-2H3/p+1. The number of anilines is 1. The van der Waals surface area contributed by atoms with Crippen LogP contribution in [0.4, 0.5) is 5.95 Å². The SMILES string of the molecule is CCn1c(N)[n+](CC(O)COc2ccc(C)cc2)c2ccccc21. The molecule has 0 aliphatic rings. The number of aliphatic hydroxyl groups excluding tert-OH is 1. The van der Waals surface area contributed by atoms with Gasteiger partial charge in [-0.15, -0.1) is 0 Å². The Morgan fingerprint density at radius 2 is 1.88 bits per heavy atom. The largest absolute Gasteiger partial charge is 0.491 e. The van der Waals surface area contributed by atoms with Crippen LogP contribution in [0.5, 0.6) is 5.75 Å². The highest BCUT2D eigenvalue weighted by Gasteiger charge is 2.22. The number of nitrogens with two attached hydrogens (primary N) is 1. The van der Waals surface area contributed by atoms with E-state index in [1.165, 1.54) is 5.56 Å². The monoisotopic (exact) mass is 326 g/mol. The van der Waals surface area contributed by atoms with E-state index in [1.807, 2.05) is 64.6 Å². The van der Waals surface area contributed by atoms with Gasteiger partial charge in [0.25, 0.3) is 0 Å². The second-order valence-electron chi connectivity index (χ2n) is 5.98. The summed E-state index contributed by atoms with van der Waals surface area (Å²) in [5, 5.41) is 10.4. The Balaban J connectivity index is 1.74. The molecule has 5 heteroatoms. The predicted octanol–water partition coefficient (Wildman–Crippen LogP) is 2.28. The fourth-order valence-corrected chi connectivity index (χ4v) is 2.93. The average Bonchev–Trinajstić information content (AvgIpc) is 2.86. The highest BCUT2D eigenvalue weighted by molar-refractivity contribution is 5.73. The van der Waals surface area contributed by atoms with Crippen molar-refractivity contribution in [3.63, 3.8) is 0 Å². The van der Waals surface area contributed by atoms with Crippen molar-refractivity contribution >= 4 is 17.0 Å². The van der Waals surface area contributed by atoms with Crippen LogP contribution in [-0.2, 0) is 13.1 Å². The number of hydrogen-bond acceptors (Lipinski definition) is 3. The molecule has 2 aromatic carbocycles. The van der Waals surface area contributed by atoms with Gasteiger partial charge in [0.1, 0.15) is 36.0 Å². The summed E-state index contributed by atoms with van der Waals surface area (Å²) in [6, 6.07) is 15.8. The third-order valence-electron chi connectivity index (χ3n) is 4.19. The fraction of sp³-hybridized carbons (Fsp3) is 0.316. The molecule has 1 aromatic heterocycles. The van der Waals surface area contributed by atoms with Crippen LogP contribution in [0.2, 0.25) is 0 Å². The minimum Gasteiger partial charge on any atom is -0.491 e. The lowest BCUT2D eigenvalue weighted by atomic mass is 10.2. The summed E-state index contributed by atoms with van der Waals surface area (Å²) in [5.74, 6) is 1.40. The van der Waals surface area contributed by atoms with E-state index in [9.17, 15) is 5.11 Å². The zero-order valence-corrected chi connectivity index (χ0v) is 14.1. The number of hydrogen-bond donors (Lipinski definition) is 2. The average molecular weight is 326 g/mol. The maximum Gasteiger partial charge on any atom is 0.356 e. The second-order valence-corrected chi connectivity index (χ2v) is 5.98. The Morgan fingerprint density at radius 3 is 2.58 bits per heavy atom. The minimum absolute atomic E-state index is 0.223. The van der Waals surface area contributed by atoms with E-state index < -0.39 is 6.10 Å². The molecule has 0 saturated carbocycles. The van der Waals surface area contributed by atoms with E-state index in [4.69, 9.17) is 10.5 Å². The number of rotatable bonds is 6. The molecule has 0 amide bonds. The third kappa shape index (κ3) is 3.21. The van der Waals surface area contributed by atoms with Gasteiger partial charge in [0.05, 0.1) is 6.54 Å². The van der Waals surface area contributed by atoms with Crippen LogP contribution in [-0.4, -0.2) is 22.4 Å². The van der Waals surface area contributed by atoms with Crippen LogP contribution in [0.1, 0.15) is 12.5 Å². The summed E-state index contributed by atoms with van der Waals surface area (Å²) >= 11 is 0. The van der Waals surface area contributed by atoms with Gasteiger partial charge in [-0.1, -0.05) is 29.8 Å². The number of fused-ring (bicyclic) bond motifs is 1. The summed E-state index contributed by atoms with van der Waals surface area (Å²) in [6.07, 6.45) is -0.644. The first-order valence-corrected chi connectivity index (χ1v) is 8.24. The number of ether oxygens (including phenoxy) is 1. The lowest BCUT2D eigenvalue weighted by molar-refractivity contribution is -0.665. The van der Waals surface area contributed by atoms with Crippen molar-refractivity contribution in [2.24, 2.45) is 0 Å². The number of nitrogen functional groups attached to an aromatic ring is 1. The summed E-state index contributed by atoms with van der Waals surface area (Å²) in [6.45, 7) is 5.49. The molecule has 5 nitrogen and oxygen atoms in total. The Bertz CT molecular complexity index is 824. The molecule has 0 aliphatic heterocycles. The zero-order chi connectivity index (χ0) is 17.1. The molecule has 1 atom stereocenters. The van der Waals surface area contributed by atoms with Gasteiger partial charge in [0.15, 0.2) is 0 Å². The topological polar surface area (TPSA) is 64.3 Å². The van der Waals surface area contributed by atoms with E-state index in [0.717, 1.165) is 23.3 Å². The van der Waals surface area contributed by atoms with Crippen molar-refractivity contribution in [3.8, 4) is 5.75 Å². The fourth-order valence-electron chi connectivity index (χ4n) is 2.93. The first-order valence-electron chi connectivity index (χ1n) is 8.24. The smallest absolute Gasteiger partial charge is 0.356 e. The first-order chi connectivity index (χ1) is 11.6. The van der Waals surface area contributed by atoms with Crippen molar-refractivity contribution in [2.75, 3.05) is 12.3 Å². The van der Waals surface area contributed by atoms with Gasteiger partial charge in [-0.25, -0.2) is 9.13 Å². The number of aromatic nitrogens is 2. The lowest BCUT2D eigenvalue weighted by Crippen LogP contribution is -2.43. The maximum absolute atomic E-state index is 10.4. The van der Waals surface area contributed by atoms with E-state index in [1.54, 1.807) is 0 Å². The molecule has 0 fully saturated rings. The van der Waals surface area contributed by atoms with Crippen molar-refractivity contribution < 1.29 is 14.4 Å². The number of benzene rings is 2. The third-order valence-corrected chi connectivity index (χ3v) is 4.19. The Hall–Kier alpha value is -2.53. The van der Waals surface area contributed by atoms with Gasteiger partial charge in [0.2, 0.25) is 0 Å². The van der Waals surface area contributed by atoms with Crippen LogP contribution in [0, 0.1) is 6.92 Å². The number of imidazole rings is 1. The molecule has 0 spiro atoms. The van der Waals surface area contributed by atoms with Gasteiger partial charge < -0.3 is 9.84 Å². The minimum atomic E-state index is -0.644. The van der Waals surface area contributed by atoms with E-state index in [0.29, 0.717) is 12.5 Å². The van der Waals surface area contributed by atoms with Gasteiger partial charge in [-0.3, -0.25) is 5.73 Å². The molecule has 1 heterocycles. The second kappa shape index (κ2) is 6.93. The number of nitrogens with zero attached hydrogens (tertiary/aromatic N) is 2. The van der Waals surface area contributed by atoms with Crippen LogP contribution in [0.15, 0.2) is 48.5 Å². The van der Waals surface area contributed by atoms with Crippen molar-refractivity contribution in [2.45, 2.75) is 33.0 Å². The molecular weight excluding hydrogens is 302 g/mol. The summed E-state index contributed by atoms with van der Waals surface area (Å²) < 4.78 is 9.66. The van der Waals surface area contributed by atoms with E-state index in [2.05, 4.69) is 6.92 Å². The van der Waals surface area contributed by atoms with Crippen LogP contribution >= 0.6 is 0 Å². The molecule has 0 aliphatic carbocycles. The van der Waals surface area contributed by atoms with Crippen molar-refractivity contribution in [1.29, 1.82) is 0 Å². The number of aliphatic hydroxyl groups is 1. The molecule has 3 aromatic rings. The predicted molar refractivity (Wildman–Crippen MR) is 94.9 cm³/mol. The molecular formula is C19H24N3O2+. The Labute approximate surface area is 141 Å². The van der Waals surface area contributed by atoms with Crippen LogP contribution in [0.3, 0.4) is 0 Å². The summed E-state index contributed by atoms with van der Waals surface area (Å²) in [4.78, 5) is 0. The van der Waals surface area contributed by atoms with E-state index >= 15 is 0 Å². The van der Waals surface area contributed by atoms with Gasteiger partial charge in [0, 0.05) is 0 Å². The summed E-state index contributed by atoms with van der Waals surface area (Å²) in [7, 11) is 0. The lowest BCUT2D eigenvalue weighted by Gasteiger charge is -2.12. The zero-order valence-electron chi connectivity index (χ0n) is 14.1. The molecule has 0 bridgehead atoms. The highest BCUT2D eigenvalue weighted by atomic mass is 16.5. The normalized spacial score (nSPS) is 12.5. The van der Waals surface area contributed by atoms with Crippen molar-refractivity contribution in [3.05, 3.63) is 54.1 Å². The molecule has 126 valence electrons. The highest BCUT2D eigenvalue weighted by Crippen LogP contribution is 2.16. The Kier molecular flexibility index (Phi) is 4.71. The van der Waals surface area contributed by atoms with Crippen LogP contribution < -0.4 is 15.0 Å².